The van der Waals surface area contributed by atoms with Crippen LogP contribution in [0, 0.1) is 12.3 Å². The van der Waals surface area contributed by atoms with E-state index in [1.54, 1.807) is 12.1 Å². The van der Waals surface area contributed by atoms with Gasteiger partial charge in [-0.3, -0.25) is 4.79 Å². The SMILES string of the molecule is C#CCC1(CNC(=O)c2ccc(O)cc2)N[NH2+]1. The van der Waals surface area contributed by atoms with Gasteiger partial charge < -0.3 is 10.4 Å². The van der Waals surface area contributed by atoms with Crippen LogP contribution in [0.15, 0.2) is 24.3 Å². The minimum atomic E-state index is -0.235. The van der Waals surface area contributed by atoms with E-state index in [4.69, 9.17) is 11.5 Å². The summed E-state index contributed by atoms with van der Waals surface area (Å²) in [6.07, 6.45) is 5.80. The maximum Gasteiger partial charge on any atom is 0.251 e. The number of nitrogens with two attached hydrogens (primary N) is 1. The lowest BCUT2D eigenvalue weighted by Gasteiger charge is -2.06. The van der Waals surface area contributed by atoms with E-state index in [9.17, 15) is 4.79 Å². The van der Waals surface area contributed by atoms with Crippen molar-refractivity contribution in [2.45, 2.75) is 12.1 Å². The highest BCUT2D eigenvalue weighted by molar-refractivity contribution is 5.94. The van der Waals surface area contributed by atoms with Gasteiger partial charge in [-0.05, 0) is 24.3 Å². The lowest BCUT2D eigenvalue weighted by Crippen LogP contribution is -2.69. The summed E-state index contributed by atoms with van der Waals surface area (Å²) in [6, 6.07) is 6.10. The first-order valence-electron chi connectivity index (χ1n) is 5.28. The van der Waals surface area contributed by atoms with Crippen LogP contribution in [-0.4, -0.2) is 23.2 Å². The summed E-state index contributed by atoms with van der Waals surface area (Å²) in [6.45, 7) is 0.469. The molecule has 2 rings (SSSR count). The Labute approximate surface area is 99.2 Å². The van der Waals surface area contributed by atoms with Crippen molar-refractivity contribution in [1.82, 2.24) is 10.7 Å². The third-order valence-electron chi connectivity index (χ3n) is 2.66. The van der Waals surface area contributed by atoms with Crippen LogP contribution in [0.5, 0.6) is 5.75 Å². The van der Waals surface area contributed by atoms with Crippen molar-refractivity contribution in [3.8, 4) is 18.1 Å². The molecule has 5 heteroatoms. The molecule has 0 saturated carbocycles. The van der Waals surface area contributed by atoms with Crippen molar-refractivity contribution in [1.29, 1.82) is 0 Å². The molecule has 1 amide bonds. The molecule has 1 atom stereocenters. The summed E-state index contributed by atoms with van der Waals surface area (Å²) in [7, 11) is 0. The van der Waals surface area contributed by atoms with Gasteiger partial charge in [-0.1, -0.05) is 5.92 Å². The molecule has 1 aliphatic heterocycles. The van der Waals surface area contributed by atoms with Crippen LogP contribution in [0.25, 0.3) is 0 Å². The monoisotopic (exact) mass is 232 g/mol. The molecular formula is C12H14N3O2+. The standard InChI is InChI=1S/C12H13N3O2/c1-2-7-12(14-15-12)8-13-11(17)9-3-5-10(16)6-4-9/h1,3-6,14-16H,7-8H2,(H,13,17)/p+1. The fourth-order valence-electron chi connectivity index (χ4n) is 1.50. The van der Waals surface area contributed by atoms with Gasteiger partial charge in [0.05, 0.1) is 13.0 Å². The van der Waals surface area contributed by atoms with E-state index in [0.29, 0.717) is 18.5 Å². The average molecular weight is 232 g/mol. The highest BCUT2D eigenvalue weighted by Crippen LogP contribution is 2.10. The van der Waals surface area contributed by atoms with Crippen LogP contribution in [-0.2, 0) is 0 Å². The third-order valence-corrected chi connectivity index (χ3v) is 2.66. The average Bonchev–Trinajstić information content (AvgIpc) is 3.08. The van der Waals surface area contributed by atoms with Crippen LogP contribution < -0.4 is 16.2 Å². The first kappa shape index (κ1) is 11.5. The molecule has 1 heterocycles. The zero-order valence-corrected chi connectivity index (χ0v) is 9.23. The maximum atomic E-state index is 11.7. The molecule has 88 valence electrons. The second-order valence-corrected chi connectivity index (χ2v) is 4.06. The van der Waals surface area contributed by atoms with Crippen LogP contribution >= 0.6 is 0 Å². The predicted molar refractivity (Wildman–Crippen MR) is 61.7 cm³/mol. The van der Waals surface area contributed by atoms with Gasteiger partial charge >= 0.3 is 0 Å². The van der Waals surface area contributed by atoms with Gasteiger partial charge in [0.1, 0.15) is 5.75 Å². The Kier molecular flexibility index (Phi) is 3.00. The van der Waals surface area contributed by atoms with E-state index in [-0.39, 0.29) is 17.3 Å². The van der Waals surface area contributed by atoms with Crippen LogP contribution in [0.4, 0.5) is 0 Å². The summed E-state index contributed by atoms with van der Waals surface area (Å²) < 4.78 is 0. The Morgan fingerprint density at radius 2 is 2.18 bits per heavy atom. The summed E-state index contributed by atoms with van der Waals surface area (Å²) in [5, 5.41) is 11.9. The van der Waals surface area contributed by atoms with Gasteiger partial charge in [-0.25, -0.2) is 5.43 Å². The number of phenolic OH excluding ortho intramolecular Hbond substituents is 1. The Morgan fingerprint density at radius 3 is 2.71 bits per heavy atom. The summed E-state index contributed by atoms with van der Waals surface area (Å²) in [4.78, 5) is 11.7. The van der Waals surface area contributed by atoms with Crippen molar-refractivity contribution >= 4 is 5.91 Å². The molecular weight excluding hydrogens is 218 g/mol. The van der Waals surface area contributed by atoms with Gasteiger partial charge in [0, 0.05) is 5.56 Å². The number of phenols is 1. The minimum absolute atomic E-state index is 0.141. The smallest absolute Gasteiger partial charge is 0.251 e. The van der Waals surface area contributed by atoms with Crippen molar-refractivity contribution in [2.75, 3.05) is 6.54 Å². The first-order chi connectivity index (χ1) is 8.15. The van der Waals surface area contributed by atoms with Gasteiger partial charge in [0.15, 0.2) is 0 Å². The molecule has 0 bridgehead atoms. The van der Waals surface area contributed by atoms with E-state index in [1.165, 1.54) is 12.1 Å². The molecule has 0 spiro atoms. The summed E-state index contributed by atoms with van der Waals surface area (Å²) >= 11 is 0. The number of benzene rings is 1. The molecule has 1 saturated heterocycles. The molecule has 1 aromatic carbocycles. The third kappa shape index (κ3) is 2.75. The number of rotatable bonds is 4. The Morgan fingerprint density at radius 1 is 1.53 bits per heavy atom. The molecule has 5 nitrogen and oxygen atoms in total. The zero-order valence-electron chi connectivity index (χ0n) is 9.23. The Balaban J connectivity index is 1.90. The van der Waals surface area contributed by atoms with Crippen LogP contribution in [0.2, 0.25) is 0 Å². The number of aromatic hydroxyl groups is 1. The van der Waals surface area contributed by atoms with Gasteiger partial charge in [-0.15, -0.1) is 11.8 Å². The van der Waals surface area contributed by atoms with E-state index in [1.807, 2.05) is 5.43 Å². The zero-order chi connectivity index (χ0) is 12.3. The number of carbonyl (C=O) groups excluding carboxylic acids is 1. The molecule has 5 N–H and O–H groups in total. The fourth-order valence-corrected chi connectivity index (χ4v) is 1.50. The number of hydrogen-bond acceptors (Lipinski definition) is 3. The first-order valence-corrected chi connectivity index (χ1v) is 5.28. The lowest BCUT2D eigenvalue weighted by molar-refractivity contribution is -0.548. The molecule has 0 aromatic heterocycles. The van der Waals surface area contributed by atoms with Crippen molar-refractivity contribution in [3.63, 3.8) is 0 Å². The minimum Gasteiger partial charge on any atom is -0.508 e. The highest BCUT2D eigenvalue weighted by Gasteiger charge is 2.48. The Hall–Kier alpha value is -2.03. The van der Waals surface area contributed by atoms with E-state index >= 15 is 0 Å². The predicted octanol–water partition coefficient (Wildman–Crippen LogP) is -1.08. The lowest BCUT2D eigenvalue weighted by atomic mass is 10.1. The molecule has 1 aromatic rings. The van der Waals surface area contributed by atoms with Crippen molar-refractivity contribution in [2.24, 2.45) is 0 Å². The van der Waals surface area contributed by atoms with Crippen molar-refractivity contribution < 1.29 is 15.3 Å². The summed E-state index contributed by atoms with van der Waals surface area (Å²) in [5.41, 5.74) is 5.20. The number of terminal acetylenes is 1. The molecule has 17 heavy (non-hydrogen) atoms. The highest BCUT2D eigenvalue weighted by atomic mass is 16.3. The number of nitrogens with one attached hydrogen (secondary N) is 2. The second kappa shape index (κ2) is 4.45. The molecule has 1 fully saturated rings. The van der Waals surface area contributed by atoms with Crippen LogP contribution in [0.1, 0.15) is 16.8 Å². The quantitative estimate of drug-likeness (QED) is 0.302. The number of quaternary nitrogens is 1. The summed E-state index contributed by atoms with van der Waals surface area (Å²) in [5.74, 6) is 2.53. The Bertz CT molecular complexity index is 458. The molecule has 1 unspecified atom stereocenters. The fraction of sp³-hybridized carbons (Fsp3) is 0.250. The van der Waals surface area contributed by atoms with Crippen molar-refractivity contribution in [3.05, 3.63) is 29.8 Å². The maximum absolute atomic E-state index is 11.7. The second-order valence-electron chi connectivity index (χ2n) is 4.06. The number of hydrogen-bond donors (Lipinski definition) is 4. The van der Waals surface area contributed by atoms with Gasteiger partial charge in [-0.2, -0.15) is 0 Å². The largest absolute Gasteiger partial charge is 0.508 e. The van der Waals surface area contributed by atoms with E-state index < -0.39 is 0 Å². The van der Waals surface area contributed by atoms with Crippen LogP contribution in [0.3, 0.4) is 0 Å². The molecule has 0 radical (unpaired) electrons. The van der Waals surface area contributed by atoms with Gasteiger partial charge in [0.2, 0.25) is 5.66 Å². The van der Waals surface area contributed by atoms with E-state index in [0.717, 1.165) is 0 Å². The molecule has 0 aliphatic carbocycles. The van der Waals surface area contributed by atoms with Gasteiger partial charge in [0.25, 0.3) is 5.91 Å². The normalized spacial score (nSPS) is 21.6. The number of amides is 1. The van der Waals surface area contributed by atoms with E-state index in [2.05, 4.69) is 16.7 Å². The number of carbonyl (C=O) groups is 1. The topological polar surface area (TPSA) is 87.9 Å². The molecule has 1 aliphatic rings.